The van der Waals surface area contributed by atoms with Crippen molar-refractivity contribution in [3.05, 3.63) is 111 Å². The third-order valence-electron chi connectivity index (χ3n) is 5.63. The summed E-state index contributed by atoms with van der Waals surface area (Å²) in [5, 5.41) is 7.65. The number of nitrogens with one attached hydrogen (secondary N) is 2. The number of carbonyl (C=O) groups is 3. The minimum Gasteiger partial charge on any atom is -0.350 e. The van der Waals surface area contributed by atoms with E-state index in [0.29, 0.717) is 16.9 Å². The standard InChI is InChI=1S/C27H16Cl3N3O3/c28-19-11-5-13-21(22(19)29)33-26(35)23(30)24(27(33)36)31-17-9-3-8-16(14-17)25(34)32-20-12-4-7-15-6-1-2-10-18(15)20/h1-14,31H,(H,32,34). The van der Waals surface area contributed by atoms with E-state index in [1.165, 1.54) is 6.07 Å². The Balaban J connectivity index is 1.39. The predicted molar refractivity (Wildman–Crippen MR) is 144 cm³/mol. The van der Waals surface area contributed by atoms with Crippen molar-refractivity contribution in [2.75, 3.05) is 15.5 Å². The van der Waals surface area contributed by atoms with Crippen molar-refractivity contribution in [2.24, 2.45) is 0 Å². The molecule has 4 aromatic rings. The number of anilines is 3. The lowest BCUT2D eigenvalue weighted by Gasteiger charge is -2.17. The Kier molecular flexibility index (Phi) is 6.41. The minimum atomic E-state index is -0.738. The Morgan fingerprint density at radius 1 is 0.778 bits per heavy atom. The molecule has 6 nitrogen and oxygen atoms in total. The molecule has 0 saturated carbocycles. The van der Waals surface area contributed by atoms with E-state index < -0.39 is 11.8 Å². The molecule has 0 unspecified atom stereocenters. The summed E-state index contributed by atoms with van der Waals surface area (Å²) in [6, 6.07) is 24.5. The third-order valence-corrected chi connectivity index (χ3v) is 6.79. The van der Waals surface area contributed by atoms with E-state index in [1.807, 2.05) is 42.5 Å². The Morgan fingerprint density at radius 2 is 1.50 bits per heavy atom. The lowest BCUT2D eigenvalue weighted by atomic mass is 10.1. The molecule has 0 aromatic heterocycles. The van der Waals surface area contributed by atoms with Gasteiger partial charge in [-0.1, -0.05) is 83.3 Å². The predicted octanol–water partition coefficient (Wildman–Crippen LogP) is 6.83. The maximum atomic E-state index is 13.1. The monoisotopic (exact) mass is 535 g/mol. The van der Waals surface area contributed by atoms with Crippen molar-refractivity contribution in [3.63, 3.8) is 0 Å². The van der Waals surface area contributed by atoms with Crippen LogP contribution in [0.15, 0.2) is 95.7 Å². The first-order valence-corrected chi connectivity index (χ1v) is 11.9. The summed E-state index contributed by atoms with van der Waals surface area (Å²) >= 11 is 18.5. The number of hydrogen-bond donors (Lipinski definition) is 2. The molecule has 0 bridgehead atoms. The Bertz CT molecular complexity index is 1590. The van der Waals surface area contributed by atoms with E-state index in [-0.39, 0.29) is 32.4 Å². The molecule has 9 heteroatoms. The van der Waals surface area contributed by atoms with Crippen molar-refractivity contribution in [2.45, 2.75) is 0 Å². The summed E-state index contributed by atoms with van der Waals surface area (Å²) in [6.07, 6.45) is 0. The van der Waals surface area contributed by atoms with Crippen LogP contribution in [-0.2, 0) is 9.59 Å². The Morgan fingerprint density at radius 3 is 2.33 bits per heavy atom. The fraction of sp³-hybridized carbons (Fsp3) is 0. The molecule has 1 aliphatic rings. The second-order valence-corrected chi connectivity index (χ2v) is 9.06. The highest BCUT2D eigenvalue weighted by atomic mass is 35.5. The van der Waals surface area contributed by atoms with E-state index in [2.05, 4.69) is 10.6 Å². The number of halogens is 3. The quantitative estimate of drug-likeness (QED) is 0.274. The van der Waals surface area contributed by atoms with Gasteiger partial charge >= 0.3 is 0 Å². The molecule has 36 heavy (non-hydrogen) atoms. The van der Waals surface area contributed by atoms with E-state index in [0.717, 1.165) is 15.7 Å². The van der Waals surface area contributed by atoms with Crippen LogP contribution in [0.4, 0.5) is 17.1 Å². The number of carbonyl (C=O) groups excluding carboxylic acids is 3. The normalized spacial score (nSPS) is 13.5. The molecule has 3 amide bonds. The van der Waals surface area contributed by atoms with Gasteiger partial charge in [0.25, 0.3) is 17.7 Å². The first-order chi connectivity index (χ1) is 17.3. The maximum Gasteiger partial charge on any atom is 0.283 e. The van der Waals surface area contributed by atoms with Gasteiger partial charge in [-0.25, -0.2) is 4.90 Å². The van der Waals surface area contributed by atoms with E-state index in [1.54, 1.807) is 36.4 Å². The number of amides is 3. The zero-order valence-electron chi connectivity index (χ0n) is 18.4. The molecular weight excluding hydrogens is 521 g/mol. The summed E-state index contributed by atoms with van der Waals surface area (Å²) in [5.74, 6) is -1.77. The van der Waals surface area contributed by atoms with Crippen molar-refractivity contribution < 1.29 is 14.4 Å². The van der Waals surface area contributed by atoms with Crippen LogP contribution >= 0.6 is 34.8 Å². The summed E-state index contributed by atoms with van der Waals surface area (Å²) in [6.45, 7) is 0. The summed E-state index contributed by atoms with van der Waals surface area (Å²) in [5.41, 5.74) is 1.40. The lowest BCUT2D eigenvalue weighted by molar-refractivity contribution is -0.120. The van der Waals surface area contributed by atoms with Crippen molar-refractivity contribution in [1.29, 1.82) is 0 Å². The average molecular weight is 537 g/mol. The van der Waals surface area contributed by atoms with Crippen LogP contribution in [0.5, 0.6) is 0 Å². The molecular formula is C27H16Cl3N3O3. The van der Waals surface area contributed by atoms with Crippen LogP contribution in [-0.4, -0.2) is 17.7 Å². The van der Waals surface area contributed by atoms with Gasteiger partial charge in [0.05, 0.1) is 15.7 Å². The first-order valence-electron chi connectivity index (χ1n) is 10.7. The van der Waals surface area contributed by atoms with Crippen molar-refractivity contribution >= 4 is 80.4 Å². The zero-order valence-corrected chi connectivity index (χ0v) is 20.7. The minimum absolute atomic E-state index is 0.0543. The van der Waals surface area contributed by atoms with Crippen LogP contribution < -0.4 is 15.5 Å². The molecule has 5 rings (SSSR count). The fourth-order valence-electron chi connectivity index (χ4n) is 3.91. The largest absolute Gasteiger partial charge is 0.350 e. The van der Waals surface area contributed by atoms with Crippen LogP contribution in [0.3, 0.4) is 0 Å². The molecule has 0 saturated heterocycles. The summed E-state index contributed by atoms with van der Waals surface area (Å²) in [7, 11) is 0. The van der Waals surface area contributed by atoms with Gasteiger partial charge in [-0.05, 0) is 41.8 Å². The molecule has 0 spiro atoms. The molecule has 178 valence electrons. The van der Waals surface area contributed by atoms with Crippen LogP contribution in [0.25, 0.3) is 10.8 Å². The van der Waals surface area contributed by atoms with Gasteiger partial charge in [0.1, 0.15) is 10.7 Å². The molecule has 0 fully saturated rings. The maximum absolute atomic E-state index is 13.1. The fourth-order valence-corrected chi connectivity index (χ4v) is 4.50. The van der Waals surface area contributed by atoms with Gasteiger partial charge < -0.3 is 10.6 Å². The highest BCUT2D eigenvalue weighted by molar-refractivity contribution is 6.54. The number of rotatable bonds is 5. The number of nitrogens with zero attached hydrogens (tertiary/aromatic N) is 1. The summed E-state index contributed by atoms with van der Waals surface area (Å²) < 4.78 is 0. The van der Waals surface area contributed by atoms with E-state index in [9.17, 15) is 14.4 Å². The van der Waals surface area contributed by atoms with Crippen molar-refractivity contribution in [1.82, 2.24) is 0 Å². The smallest absolute Gasteiger partial charge is 0.283 e. The van der Waals surface area contributed by atoms with Gasteiger partial charge in [0.15, 0.2) is 0 Å². The van der Waals surface area contributed by atoms with Gasteiger partial charge in [-0.3, -0.25) is 14.4 Å². The second kappa shape index (κ2) is 9.66. The van der Waals surface area contributed by atoms with Gasteiger partial charge in [-0.15, -0.1) is 0 Å². The molecule has 2 N–H and O–H groups in total. The highest BCUT2D eigenvalue weighted by Gasteiger charge is 2.40. The van der Waals surface area contributed by atoms with E-state index in [4.69, 9.17) is 34.8 Å². The molecule has 0 aliphatic carbocycles. The molecule has 1 aliphatic heterocycles. The number of fused-ring (bicyclic) bond motifs is 1. The highest BCUT2D eigenvalue weighted by Crippen LogP contribution is 2.37. The van der Waals surface area contributed by atoms with Crippen LogP contribution in [0.2, 0.25) is 10.0 Å². The zero-order chi connectivity index (χ0) is 25.4. The van der Waals surface area contributed by atoms with Gasteiger partial charge in [0.2, 0.25) is 0 Å². The Hall–Kier alpha value is -3.84. The number of hydrogen-bond acceptors (Lipinski definition) is 4. The average Bonchev–Trinajstić information content (AvgIpc) is 3.09. The number of imide groups is 1. The van der Waals surface area contributed by atoms with E-state index >= 15 is 0 Å². The lowest BCUT2D eigenvalue weighted by Crippen LogP contribution is -2.32. The Labute approximate surface area is 221 Å². The third kappa shape index (κ3) is 4.31. The number of benzene rings is 4. The second-order valence-electron chi connectivity index (χ2n) is 7.89. The molecule has 4 aromatic carbocycles. The molecule has 1 heterocycles. The SMILES string of the molecule is O=C(Nc1cccc2ccccc12)c1cccc(NC2=C(Cl)C(=O)N(c3cccc(Cl)c3Cl)C2=O)c1. The van der Waals surface area contributed by atoms with Gasteiger partial charge in [0, 0.05) is 22.3 Å². The van der Waals surface area contributed by atoms with Crippen molar-refractivity contribution in [3.8, 4) is 0 Å². The molecule has 0 radical (unpaired) electrons. The first kappa shape index (κ1) is 23.9. The summed E-state index contributed by atoms with van der Waals surface area (Å²) in [4.78, 5) is 39.7. The topological polar surface area (TPSA) is 78.5 Å². The van der Waals surface area contributed by atoms with Crippen LogP contribution in [0, 0.1) is 0 Å². The molecule has 0 atom stereocenters. The van der Waals surface area contributed by atoms with Gasteiger partial charge in [-0.2, -0.15) is 0 Å². The van der Waals surface area contributed by atoms with Crippen LogP contribution in [0.1, 0.15) is 10.4 Å².